The number of fused-ring (bicyclic) bond motifs is 1. The standard InChI is InChI=1S/C27H23Cl2NO7/c1-2-35-26(33)21-12-17-11-19(22(28)23(29)25(17)37-21)24(32)16-8-9-20(31)18(10-16)13-30-27(34)36-14-15-6-4-3-5-7-15/h3-11,21,31H,2,12-14H2,1H3,(H,30,34). The molecule has 0 radical (unpaired) electrons. The van der Waals surface area contributed by atoms with Crippen molar-refractivity contribution >= 4 is 41.0 Å². The fraction of sp³-hybridized carbons (Fsp3) is 0.222. The van der Waals surface area contributed by atoms with E-state index < -0.39 is 23.9 Å². The van der Waals surface area contributed by atoms with E-state index in [-0.39, 0.29) is 58.9 Å². The Hall–Kier alpha value is -3.75. The molecule has 0 fully saturated rings. The third kappa shape index (κ3) is 5.98. The maximum atomic E-state index is 13.3. The zero-order valence-electron chi connectivity index (χ0n) is 19.8. The first kappa shape index (κ1) is 26.3. The molecule has 3 aromatic carbocycles. The van der Waals surface area contributed by atoms with Gasteiger partial charge in [0, 0.05) is 35.2 Å². The van der Waals surface area contributed by atoms with Crippen molar-refractivity contribution in [1.82, 2.24) is 5.32 Å². The molecular formula is C27H23Cl2NO7. The Labute approximate surface area is 223 Å². The Morgan fingerprint density at radius 1 is 1.05 bits per heavy atom. The number of alkyl carbamates (subject to hydrolysis) is 1. The van der Waals surface area contributed by atoms with E-state index in [2.05, 4.69) is 5.32 Å². The highest BCUT2D eigenvalue weighted by molar-refractivity contribution is 6.45. The van der Waals surface area contributed by atoms with Gasteiger partial charge in [0.15, 0.2) is 11.9 Å². The van der Waals surface area contributed by atoms with Gasteiger partial charge in [-0.3, -0.25) is 4.79 Å². The number of halogens is 2. The summed E-state index contributed by atoms with van der Waals surface area (Å²) < 4.78 is 15.8. The Kier molecular flexibility index (Phi) is 8.21. The number of carbonyl (C=O) groups is 3. The van der Waals surface area contributed by atoms with Crippen LogP contribution in [0.2, 0.25) is 10.0 Å². The van der Waals surface area contributed by atoms with Gasteiger partial charge in [0.2, 0.25) is 0 Å². The van der Waals surface area contributed by atoms with Gasteiger partial charge in [-0.2, -0.15) is 0 Å². The molecule has 2 N–H and O–H groups in total. The molecule has 10 heteroatoms. The minimum atomic E-state index is -0.873. The number of hydrogen-bond donors (Lipinski definition) is 2. The van der Waals surface area contributed by atoms with Crippen molar-refractivity contribution in [2.24, 2.45) is 0 Å². The second kappa shape index (κ2) is 11.5. The molecule has 8 nitrogen and oxygen atoms in total. The number of aromatic hydroxyl groups is 1. The molecule has 0 saturated heterocycles. The molecule has 0 saturated carbocycles. The molecule has 0 aliphatic carbocycles. The Morgan fingerprint density at radius 3 is 2.54 bits per heavy atom. The molecule has 192 valence electrons. The molecule has 3 aromatic rings. The van der Waals surface area contributed by atoms with Gasteiger partial charge in [-0.05, 0) is 36.8 Å². The number of nitrogens with one attached hydrogen (secondary N) is 1. The SMILES string of the molecule is CCOC(=O)C1Cc2cc(C(=O)c3ccc(O)c(CNC(=O)OCc4ccccc4)c3)c(Cl)c(Cl)c2O1. The van der Waals surface area contributed by atoms with Gasteiger partial charge >= 0.3 is 12.1 Å². The van der Waals surface area contributed by atoms with Crippen molar-refractivity contribution in [2.45, 2.75) is 32.6 Å². The number of benzene rings is 3. The smallest absolute Gasteiger partial charge is 0.407 e. The number of amides is 1. The number of carbonyl (C=O) groups excluding carboxylic acids is 3. The lowest BCUT2D eigenvalue weighted by Gasteiger charge is -2.12. The summed E-state index contributed by atoms with van der Waals surface area (Å²) in [6.45, 7) is 1.91. The van der Waals surface area contributed by atoms with E-state index >= 15 is 0 Å². The van der Waals surface area contributed by atoms with Crippen molar-refractivity contribution in [3.63, 3.8) is 0 Å². The summed E-state index contributed by atoms with van der Waals surface area (Å²) in [6, 6.07) is 15.0. The highest BCUT2D eigenvalue weighted by Crippen LogP contribution is 2.43. The molecule has 1 amide bonds. The van der Waals surface area contributed by atoms with Gasteiger partial charge in [0.05, 0.1) is 11.6 Å². The number of ether oxygens (including phenoxy) is 3. The fourth-order valence-corrected chi connectivity index (χ4v) is 4.32. The summed E-state index contributed by atoms with van der Waals surface area (Å²) in [5.41, 5.74) is 2.02. The van der Waals surface area contributed by atoms with Gasteiger partial charge in [-0.15, -0.1) is 0 Å². The summed E-state index contributed by atoms with van der Waals surface area (Å²) in [5.74, 6) is -0.853. The lowest BCUT2D eigenvalue weighted by atomic mass is 9.98. The number of hydrogen-bond acceptors (Lipinski definition) is 7. The Morgan fingerprint density at radius 2 is 1.81 bits per heavy atom. The van der Waals surface area contributed by atoms with Crippen LogP contribution in [-0.2, 0) is 33.8 Å². The summed E-state index contributed by atoms with van der Waals surface area (Å²) in [7, 11) is 0. The quantitative estimate of drug-likeness (QED) is 0.295. The summed E-state index contributed by atoms with van der Waals surface area (Å²) >= 11 is 12.8. The lowest BCUT2D eigenvalue weighted by Crippen LogP contribution is -2.27. The molecule has 0 spiro atoms. The molecule has 37 heavy (non-hydrogen) atoms. The number of esters is 1. The molecular weight excluding hydrogens is 521 g/mol. The van der Waals surface area contributed by atoms with Gasteiger partial charge < -0.3 is 24.6 Å². The van der Waals surface area contributed by atoms with E-state index in [1.54, 1.807) is 6.92 Å². The van der Waals surface area contributed by atoms with Crippen molar-refractivity contribution < 1.29 is 33.7 Å². The monoisotopic (exact) mass is 543 g/mol. The summed E-state index contributed by atoms with van der Waals surface area (Å²) in [6.07, 6.45) is -1.37. The highest BCUT2D eigenvalue weighted by Gasteiger charge is 2.34. The second-order valence-electron chi connectivity index (χ2n) is 8.19. The number of ketones is 1. The molecule has 1 unspecified atom stereocenters. The molecule has 1 heterocycles. The molecule has 1 aliphatic rings. The van der Waals surface area contributed by atoms with Crippen LogP contribution >= 0.6 is 23.2 Å². The molecule has 1 aliphatic heterocycles. The van der Waals surface area contributed by atoms with Crippen LogP contribution < -0.4 is 10.1 Å². The predicted octanol–water partition coefficient (Wildman–Crippen LogP) is 5.22. The van der Waals surface area contributed by atoms with E-state index in [4.69, 9.17) is 37.4 Å². The minimum Gasteiger partial charge on any atom is -0.508 e. The molecule has 4 rings (SSSR count). The molecule has 0 bridgehead atoms. The van der Waals surface area contributed by atoms with Crippen LogP contribution in [0.15, 0.2) is 54.6 Å². The van der Waals surface area contributed by atoms with Crippen molar-refractivity contribution in [1.29, 1.82) is 0 Å². The fourth-order valence-electron chi connectivity index (χ4n) is 3.82. The van der Waals surface area contributed by atoms with E-state index in [1.165, 1.54) is 24.3 Å². The van der Waals surface area contributed by atoms with Crippen molar-refractivity contribution in [3.8, 4) is 11.5 Å². The second-order valence-corrected chi connectivity index (χ2v) is 8.95. The first-order valence-corrected chi connectivity index (χ1v) is 12.2. The maximum absolute atomic E-state index is 13.3. The summed E-state index contributed by atoms with van der Waals surface area (Å²) in [5, 5.41) is 12.8. The van der Waals surface area contributed by atoms with Crippen molar-refractivity contribution in [2.75, 3.05) is 6.61 Å². The third-order valence-corrected chi connectivity index (χ3v) is 6.53. The molecule has 1 atom stereocenters. The number of phenols is 1. The van der Waals surface area contributed by atoms with Crippen LogP contribution in [0.25, 0.3) is 0 Å². The number of phenolic OH excluding ortho intramolecular Hbond substituents is 1. The maximum Gasteiger partial charge on any atom is 0.407 e. The third-order valence-electron chi connectivity index (χ3n) is 5.68. The molecule has 0 aromatic heterocycles. The first-order chi connectivity index (χ1) is 17.8. The average Bonchev–Trinajstić information content (AvgIpc) is 3.34. The van der Waals surface area contributed by atoms with Crippen LogP contribution in [0.5, 0.6) is 11.5 Å². The van der Waals surface area contributed by atoms with Gasteiger partial charge in [-0.25, -0.2) is 9.59 Å². The zero-order chi connectivity index (χ0) is 26.5. The minimum absolute atomic E-state index is 0.0211. The normalized spacial score (nSPS) is 13.9. The highest BCUT2D eigenvalue weighted by atomic mass is 35.5. The predicted molar refractivity (Wildman–Crippen MR) is 136 cm³/mol. The topological polar surface area (TPSA) is 111 Å². The van der Waals surface area contributed by atoms with Crippen molar-refractivity contribution in [3.05, 3.63) is 92.5 Å². The zero-order valence-corrected chi connectivity index (χ0v) is 21.3. The first-order valence-electron chi connectivity index (χ1n) is 11.4. The Balaban J connectivity index is 1.47. The van der Waals surface area contributed by atoms with Gasteiger partial charge in [0.1, 0.15) is 23.1 Å². The van der Waals surface area contributed by atoms with Crippen LogP contribution in [0.1, 0.15) is 39.5 Å². The van der Waals surface area contributed by atoms with Crippen LogP contribution in [-0.4, -0.2) is 35.7 Å². The summed E-state index contributed by atoms with van der Waals surface area (Å²) in [4.78, 5) is 37.5. The van der Waals surface area contributed by atoms with Crippen LogP contribution in [0.4, 0.5) is 4.79 Å². The van der Waals surface area contributed by atoms with E-state index in [0.29, 0.717) is 11.1 Å². The van der Waals surface area contributed by atoms with E-state index in [0.717, 1.165) is 5.56 Å². The lowest BCUT2D eigenvalue weighted by molar-refractivity contribution is -0.150. The van der Waals surface area contributed by atoms with Crippen LogP contribution in [0.3, 0.4) is 0 Å². The van der Waals surface area contributed by atoms with Gasteiger partial charge in [0.25, 0.3) is 0 Å². The van der Waals surface area contributed by atoms with E-state index in [1.807, 2.05) is 30.3 Å². The number of rotatable bonds is 8. The van der Waals surface area contributed by atoms with E-state index in [9.17, 15) is 19.5 Å². The average molecular weight is 544 g/mol. The Bertz CT molecular complexity index is 1340. The largest absolute Gasteiger partial charge is 0.508 e. The van der Waals surface area contributed by atoms with Crippen LogP contribution in [0, 0.1) is 0 Å². The van der Waals surface area contributed by atoms with Gasteiger partial charge in [-0.1, -0.05) is 53.5 Å².